The van der Waals surface area contributed by atoms with Gasteiger partial charge >= 0.3 is 5.97 Å². The summed E-state index contributed by atoms with van der Waals surface area (Å²) in [5.74, 6) is -1.24. The zero-order valence-corrected chi connectivity index (χ0v) is 9.38. The van der Waals surface area contributed by atoms with E-state index in [1.165, 1.54) is 6.92 Å². The SMILES string of the molecule is Cc1ccc(CC(C)(O)C(=O)O)cc1Cl. The van der Waals surface area contributed by atoms with E-state index in [9.17, 15) is 9.90 Å². The number of aliphatic hydroxyl groups is 1. The zero-order chi connectivity index (χ0) is 11.6. The first-order valence-corrected chi connectivity index (χ1v) is 4.91. The third-order valence-corrected chi connectivity index (χ3v) is 2.65. The molecule has 4 heteroatoms. The molecule has 1 unspecified atom stereocenters. The molecule has 0 aliphatic rings. The van der Waals surface area contributed by atoms with E-state index in [1.54, 1.807) is 18.2 Å². The van der Waals surface area contributed by atoms with Crippen LogP contribution in [0.4, 0.5) is 0 Å². The van der Waals surface area contributed by atoms with Gasteiger partial charge in [0.25, 0.3) is 0 Å². The average molecular weight is 229 g/mol. The summed E-state index contributed by atoms with van der Waals surface area (Å²) in [6.45, 7) is 3.13. The van der Waals surface area contributed by atoms with E-state index in [0.717, 1.165) is 5.56 Å². The van der Waals surface area contributed by atoms with Crippen molar-refractivity contribution >= 4 is 17.6 Å². The number of rotatable bonds is 3. The Labute approximate surface area is 93.3 Å². The van der Waals surface area contributed by atoms with Gasteiger partial charge in [0.2, 0.25) is 0 Å². The molecule has 1 aromatic carbocycles. The van der Waals surface area contributed by atoms with Crippen molar-refractivity contribution in [2.45, 2.75) is 25.9 Å². The van der Waals surface area contributed by atoms with Gasteiger partial charge in [-0.25, -0.2) is 4.79 Å². The molecule has 0 heterocycles. The summed E-state index contributed by atoms with van der Waals surface area (Å²) in [6.07, 6.45) is 0.0440. The van der Waals surface area contributed by atoms with Crippen LogP contribution in [0.25, 0.3) is 0 Å². The first kappa shape index (κ1) is 12.0. The third kappa shape index (κ3) is 2.94. The first-order valence-electron chi connectivity index (χ1n) is 4.54. The van der Waals surface area contributed by atoms with Crippen molar-refractivity contribution in [2.75, 3.05) is 0 Å². The van der Waals surface area contributed by atoms with Crippen LogP contribution in [0.1, 0.15) is 18.1 Å². The van der Waals surface area contributed by atoms with Gasteiger partial charge in [0.05, 0.1) is 0 Å². The summed E-state index contributed by atoms with van der Waals surface area (Å²) in [5.41, 5.74) is -0.119. The topological polar surface area (TPSA) is 57.5 Å². The molecule has 2 N–H and O–H groups in total. The number of carboxylic acid groups (broad SMARTS) is 1. The lowest BCUT2D eigenvalue weighted by Crippen LogP contribution is -2.37. The van der Waals surface area contributed by atoms with Crippen molar-refractivity contribution in [2.24, 2.45) is 0 Å². The highest BCUT2D eigenvalue weighted by Gasteiger charge is 2.29. The lowest BCUT2D eigenvalue weighted by atomic mass is 9.96. The van der Waals surface area contributed by atoms with E-state index in [2.05, 4.69) is 0 Å². The predicted molar refractivity (Wildman–Crippen MR) is 58.2 cm³/mol. The smallest absolute Gasteiger partial charge is 0.335 e. The van der Waals surface area contributed by atoms with Crippen LogP contribution in [-0.2, 0) is 11.2 Å². The average Bonchev–Trinajstić information content (AvgIpc) is 2.10. The Hall–Kier alpha value is -1.06. The highest BCUT2D eigenvalue weighted by molar-refractivity contribution is 6.31. The fourth-order valence-electron chi connectivity index (χ4n) is 1.22. The second-order valence-electron chi connectivity index (χ2n) is 3.84. The zero-order valence-electron chi connectivity index (χ0n) is 8.62. The molecule has 15 heavy (non-hydrogen) atoms. The van der Waals surface area contributed by atoms with E-state index in [1.807, 2.05) is 6.92 Å². The highest BCUT2D eigenvalue weighted by Crippen LogP contribution is 2.20. The summed E-state index contributed by atoms with van der Waals surface area (Å²) >= 11 is 5.89. The lowest BCUT2D eigenvalue weighted by Gasteiger charge is -2.18. The minimum atomic E-state index is -1.75. The summed E-state index contributed by atoms with van der Waals surface area (Å²) < 4.78 is 0. The van der Waals surface area contributed by atoms with Crippen LogP contribution in [0.5, 0.6) is 0 Å². The van der Waals surface area contributed by atoms with Gasteiger partial charge in [-0.05, 0) is 31.0 Å². The number of hydrogen-bond donors (Lipinski definition) is 2. The fraction of sp³-hybridized carbons (Fsp3) is 0.364. The molecule has 3 nitrogen and oxygen atoms in total. The highest BCUT2D eigenvalue weighted by atomic mass is 35.5. The molecule has 0 aliphatic carbocycles. The predicted octanol–water partition coefficient (Wildman–Crippen LogP) is 2.03. The number of aryl methyl sites for hydroxylation is 1. The number of benzene rings is 1. The molecule has 0 bridgehead atoms. The number of aliphatic carboxylic acids is 1. The van der Waals surface area contributed by atoms with Crippen molar-refractivity contribution in [3.05, 3.63) is 34.3 Å². The molecule has 0 saturated carbocycles. The second-order valence-corrected chi connectivity index (χ2v) is 4.25. The first-order chi connectivity index (χ1) is 6.83. The van der Waals surface area contributed by atoms with Crippen molar-refractivity contribution in [3.8, 4) is 0 Å². The normalized spacial score (nSPS) is 14.7. The van der Waals surface area contributed by atoms with E-state index >= 15 is 0 Å². The van der Waals surface area contributed by atoms with Gasteiger partial charge in [-0.15, -0.1) is 0 Å². The van der Waals surface area contributed by atoms with Crippen LogP contribution in [0.2, 0.25) is 5.02 Å². The maximum atomic E-state index is 10.7. The monoisotopic (exact) mass is 228 g/mol. The summed E-state index contributed by atoms with van der Waals surface area (Å²) in [5, 5.41) is 18.9. The molecular formula is C11H13ClO3. The van der Waals surface area contributed by atoms with Crippen LogP contribution in [0, 0.1) is 6.92 Å². The Kier molecular flexibility index (Phi) is 3.37. The number of carboxylic acids is 1. The van der Waals surface area contributed by atoms with E-state index in [0.29, 0.717) is 10.6 Å². The van der Waals surface area contributed by atoms with Crippen molar-refractivity contribution in [1.82, 2.24) is 0 Å². The van der Waals surface area contributed by atoms with E-state index < -0.39 is 11.6 Å². The van der Waals surface area contributed by atoms with Crippen LogP contribution < -0.4 is 0 Å². The minimum Gasteiger partial charge on any atom is -0.479 e. The number of hydrogen-bond acceptors (Lipinski definition) is 2. The summed E-state index contributed by atoms with van der Waals surface area (Å²) in [6, 6.07) is 5.24. The number of halogens is 1. The van der Waals surface area contributed by atoms with Gasteiger partial charge < -0.3 is 10.2 Å². The summed E-state index contributed by atoms with van der Waals surface area (Å²) in [7, 11) is 0. The molecule has 0 radical (unpaired) electrons. The molecule has 0 amide bonds. The quantitative estimate of drug-likeness (QED) is 0.832. The van der Waals surface area contributed by atoms with Gasteiger partial charge in [-0.2, -0.15) is 0 Å². The van der Waals surface area contributed by atoms with Crippen molar-refractivity contribution in [3.63, 3.8) is 0 Å². The molecule has 0 aliphatic heterocycles. The Morgan fingerprint density at radius 1 is 1.53 bits per heavy atom. The molecule has 0 fully saturated rings. The van der Waals surface area contributed by atoms with Gasteiger partial charge in [0, 0.05) is 11.4 Å². The standard InChI is InChI=1S/C11H13ClO3/c1-7-3-4-8(5-9(7)12)6-11(2,15)10(13)14/h3-5,15H,6H2,1-2H3,(H,13,14). The van der Waals surface area contributed by atoms with E-state index in [4.69, 9.17) is 16.7 Å². The third-order valence-electron chi connectivity index (χ3n) is 2.25. The van der Waals surface area contributed by atoms with Gasteiger partial charge in [0.15, 0.2) is 5.60 Å². The fourth-order valence-corrected chi connectivity index (χ4v) is 1.42. The molecule has 0 saturated heterocycles. The Morgan fingerprint density at radius 3 is 2.60 bits per heavy atom. The molecule has 1 atom stereocenters. The van der Waals surface area contributed by atoms with Gasteiger partial charge in [-0.1, -0.05) is 23.7 Å². The largest absolute Gasteiger partial charge is 0.479 e. The molecule has 0 spiro atoms. The van der Waals surface area contributed by atoms with Crippen LogP contribution in [0.3, 0.4) is 0 Å². The van der Waals surface area contributed by atoms with Gasteiger partial charge in [-0.3, -0.25) is 0 Å². The molecular weight excluding hydrogens is 216 g/mol. The summed E-state index contributed by atoms with van der Waals surface area (Å²) in [4.78, 5) is 10.7. The van der Waals surface area contributed by atoms with Crippen molar-refractivity contribution in [1.29, 1.82) is 0 Å². The second kappa shape index (κ2) is 4.21. The number of carbonyl (C=O) groups is 1. The molecule has 1 rings (SSSR count). The van der Waals surface area contributed by atoms with Crippen LogP contribution in [-0.4, -0.2) is 21.8 Å². The molecule has 82 valence electrons. The maximum Gasteiger partial charge on any atom is 0.335 e. The van der Waals surface area contributed by atoms with Crippen molar-refractivity contribution < 1.29 is 15.0 Å². The molecule has 1 aromatic rings. The van der Waals surface area contributed by atoms with Gasteiger partial charge in [0.1, 0.15) is 0 Å². The minimum absolute atomic E-state index is 0.0440. The molecule has 0 aromatic heterocycles. The Bertz CT molecular complexity index is 385. The maximum absolute atomic E-state index is 10.7. The van der Waals surface area contributed by atoms with E-state index in [-0.39, 0.29) is 6.42 Å². The van der Waals surface area contributed by atoms with Crippen LogP contribution in [0.15, 0.2) is 18.2 Å². The lowest BCUT2D eigenvalue weighted by molar-refractivity contribution is -0.156. The Balaban J connectivity index is 2.91. The Morgan fingerprint density at radius 2 is 2.13 bits per heavy atom. The van der Waals surface area contributed by atoms with Crippen LogP contribution >= 0.6 is 11.6 Å².